The van der Waals surface area contributed by atoms with Gasteiger partial charge in [-0.05, 0) is 48.0 Å². The van der Waals surface area contributed by atoms with Crippen molar-refractivity contribution in [3.8, 4) is 11.5 Å². The smallest absolute Gasteiger partial charge is 0.271 e. The van der Waals surface area contributed by atoms with Gasteiger partial charge in [-0.3, -0.25) is 4.79 Å². The van der Waals surface area contributed by atoms with E-state index in [1.807, 2.05) is 0 Å². The molecule has 1 aliphatic heterocycles. The lowest BCUT2D eigenvalue weighted by molar-refractivity contribution is 0.0730. The SMILES string of the molecule is COc1ccc(/C=N\NC(=O)c2ccc(S(=O)(=O)N3CCOCC3)cc2)cc1OC. The molecule has 2 aromatic rings. The van der Waals surface area contributed by atoms with E-state index in [0.717, 1.165) is 0 Å². The molecule has 1 fully saturated rings. The third-order valence-corrected chi connectivity index (χ3v) is 6.42. The lowest BCUT2D eigenvalue weighted by Crippen LogP contribution is -2.40. The molecule has 2 aromatic carbocycles. The van der Waals surface area contributed by atoms with E-state index in [1.54, 1.807) is 25.3 Å². The summed E-state index contributed by atoms with van der Waals surface area (Å²) in [6, 6.07) is 11.0. The van der Waals surface area contributed by atoms with Crippen LogP contribution in [-0.2, 0) is 14.8 Å². The van der Waals surface area contributed by atoms with E-state index < -0.39 is 15.9 Å². The number of amides is 1. The van der Waals surface area contributed by atoms with Crippen LogP contribution in [0.1, 0.15) is 15.9 Å². The fraction of sp³-hybridized carbons (Fsp3) is 0.300. The second-order valence-electron chi connectivity index (χ2n) is 6.35. The molecule has 0 unspecified atom stereocenters. The highest BCUT2D eigenvalue weighted by Crippen LogP contribution is 2.26. The minimum Gasteiger partial charge on any atom is -0.493 e. The van der Waals surface area contributed by atoms with Crippen LogP contribution in [0.2, 0.25) is 0 Å². The molecule has 1 saturated heterocycles. The number of rotatable bonds is 7. The molecule has 30 heavy (non-hydrogen) atoms. The van der Waals surface area contributed by atoms with Crippen molar-refractivity contribution >= 4 is 22.1 Å². The van der Waals surface area contributed by atoms with E-state index >= 15 is 0 Å². The summed E-state index contributed by atoms with van der Waals surface area (Å²) < 4.78 is 42.2. The fourth-order valence-corrected chi connectivity index (χ4v) is 4.29. The molecule has 10 heteroatoms. The summed E-state index contributed by atoms with van der Waals surface area (Å²) in [5, 5.41) is 3.93. The van der Waals surface area contributed by atoms with E-state index in [2.05, 4.69) is 10.5 Å². The van der Waals surface area contributed by atoms with Crippen LogP contribution in [-0.4, -0.2) is 65.4 Å². The van der Waals surface area contributed by atoms with Gasteiger partial charge < -0.3 is 14.2 Å². The summed E-state index contributed by atoms with van der Waals surface area (Å²) >= 11 is 0. The number of carbonyl (C=O) groups is 1. The minimum absolute atomic E-state index is 0.134. The van der Waals surface area contributed by atoms with Gasteiger partial charge in [0.1, 0.15) is 0 Å². The lowest BCUT2D eigenvalue weighted by atomic mass is 10.2. The number of nitrogens with one attached hydrogen (secondary N) is 1. The molecule has 0 saturated carbocycles. The molecule has 9 nitrogen and oxygen atoms in total. The number of ether oxygens (including phenoxy) is 3. The van der Waals surface area contributed by atoms with E-state index in [0.29, 0.717) is 48.9 Å². The molecule has 3 rings (SSSR count). The topological polar surface area (TPSA) is 107 Å². The summed E-state index contributed by atoms with van der Waals surface area (Å²) in [6.07, 6.45) is 1.47. The molecular weight excluding hydrogens is 410 g/mol. The van der Waals surface area contributed by atoms with Crippen molar-refractivity contribution in [2.45, 2.75) is 4.90 Å². The van der Waals surface area contributed by atoms with E-state index in [1.165, 1.54) is 41.9 Å². The maximum atomic E-state index is 12.6. The Hall–Kier alpha value is -2.95. The Morgan fingerprint density at radius 2 is 1.73 bits per heavy atom. The first-order chi connectivity index (χ1) is 14.5. The predicted octanol–water partition coefficient (Wildman–Crippen LogP) is 1.49. The first-order valence-electron chi connectivity index (χ1n) is 9.19. The van der Waals surface area contributed by atoms with Crippen molar-refractivity contribution in [1.82, 2.24) is 9.73 Å². The zero-order chi connectivity index (χ0) is 21.6. The molecule has 1 amide bonds. The number of nitrogens with zero attached hydrogens (tertiary/aromatic N) is 2. The third-order valence-electron chi connectivity index (χ3n) is 4.51. The zero-order valence-electron chi connectivity index (χ0n) is 16.7. The van der Waals surface area contributed by atoms with E-state index in [4.69, 9.17) is 14.2 Å². The van der Waals surface area contributed by atoms with Crippen molar-refractivity contribution < 1.29 is 27.4 Å². The van der Waals surface area contributed by atoms with Crippen molar-refractivity contribution in [1.29, 1.82) is 0 Å². The Labute approximate surface area is 175 Å². The number of hydrazone groups is 1. The van der Waals surface area contributed by atoms with Gasteiger partial charge in [-0.1, -0.05) is 0 Å². The van der Waals surface area contributed by atoms with Gasteiger partial charge in [0.15, 0.2) is 11.5 Å². The largest absolute Gasteiger partial charge is 0.493 e. The van der Waals surface area contributed by atoms with Gasteiger partial charge in [-0.2, -0.15) is 9.41 Å². The average Bonchev–Trinajstić information content (AvgIpc) is 2.79. The number of methoxy groups -OCH3 is 2. The van der Waals surface area contributed by atoms with Gasteiger partial charge in [0.2, 0.25) is 10.0 Å². The van der Waals surface area contributed by atoms with Gasteiger partial charge in [-0.25, -0.2) is 13.8 Å². The Morgan fingerprint density at radius 1 is 1.07 bits per heavy atom. The number of hydrogen-bond donors (Lipinski definition) is 1. The molecule has 1 heterocycles. The first kappa shape index (κ1) is 21.8. The second kappa shape index (κ2) is 9.70. The average molecular weight is 433 g/mol. The lowest BCUT2D eigenvalue weighted by Gasteiger charge is -2.26. The maximum absolute atomic E-state index is 12.6. The normalized spacial score (nSPS) is 15.1. The molecule has 0 spiro atoms. The summed E-state index contributed by atoms with van der Waals surface area (Å²) in [5.41, 5.74) is 3.42. The van der Waals surface area contributed by atoms with E-state index in [-0.39, 0.29) is 4.90 Å². The van der Waals surface area contributed by atoms with Gasteiger partial charge in [0.05, 0.1) is 38.5 Å². The number of hydrogen-bond acceptors (Lipinski definition) is 7. The molecule has 160 valence electrons. The highest BCUT2D eigenvalue weighted by Gasteiger charge is 2.26. The van der Waals surface area contributed by atoms with Crippen LogP contribution in [0.5, 0.6) is 11.5 Å². The van der Waals surface area contributed by atoms with Crippen LogP contribution >= 0.6 is 0 Å². The molecular formula is C20H23N3O6S. The van der Waals surface area contributed by atoms with Gasteiger partial charge >= 0.3 is 0 Å². The van der Waals surface area contributed by atoms with Crippen molar-refractivity contribution in [2.24, 2.45) is 5.10 Å². The van der Waals surface area contributed by atoms with Gasteiger partial charge in [-0.15, -0.1) is 0 Å². The molecule has 0 aromatic heterocycles. The first-order valence-corrected chi connectivity index (χ1v) is 10.6. The number of benzene rings is 2. The summed E-state index contributed by atoms with van der Waals surface area (Å²) in [7, 11) is -0.524. The van der Waals surface area contributed by atoms with Gasteiger partial charge in [0.25, 0.3) is 5.91 Å². The third kappa shape index (κ3) is 4.96. The molecule has 0 aliphatic carbocycles. The standard InChI is InChI=1S/C20H23N3O6S/c1-27-18-8-3-15(13-19(18)28-2)14-21-22-20(24)16-4-6-17(7-5-16)30(25,26)23-9-11-29-12-10-23/h3-8,13-14H,9-12H2,1-2H3,(H,22,24)/b21-14-. The molecule has 0 radical (unpaired) electrons. The Balaban J connectivity index is 1.64. The van der Waals surface area contributed by atoms with Crippen molar-refractivity contribution in [3.63, 3.8) is 0 Å². The highest BCUT2D eigenvalue weighted by molar-refractivity contribution is 7.89. The quantitative estimate of drug-likeness (QED) is 0.524. The highest BCUT2D eigenvalue weighted by atomic mass is 32.2. The Bertz CT molecular complexity index is 1020. The predicted molar refractivity (Wildman–Crippen MR) is 111 cm³/mol. The van der Waals surface area contributed by atoms with Crippen LogP contribution in [0, 0.1) is 0 Å². The van der Waals surface area contributed by atoms with Crippen LogP contribution in [0.15, 0.2) is 52.5 Å². The van der Waals surface area contributed by atoms with Crippen molar-refractivity contribution in [3.05, 3.63) is 53.6 Å². The molecule has 1 aliphatic rings. The Kier molecular flexibility index (Phi) is 7.03. The molecule has 1 N–H and O–H groups in total. The summed E-state index contributed by atoms with van der Waals surface area (Å²) in [5.74, 6) is 0.678. The van der Waals surface area contributed by atoms with Gasteiger partial charge in [0, 0.05) is 18.7 Å². The number of sulfonamides is 1. The summed E-state index contributed by atoms with van der Waals surface area (Å²) in [6.45, 7) is 1.38. The van der Waals surface area contributed by atoms with Crippen LogP contribution < -0.4 is 14.9 Å². The Morgan fingerprint density at radius 3 is 2.37 bits per heavy atom. The maximum Gasteiger partial charge on any atom is 0.271 e. The minimum atomic E-state index is -3.60. The second-order valence-corrected chi connectivity index (χ2v) is 8.29. The van der Waals surface area contributed by atoms with Crippen LogP contribution in [0.25, 0.3) is 0 Å². The summed E-state index contributed by atoms with van der Waals surface area (Å²) in [4.78, 5) is 12.4. The van der Waals surface area contributed by atoms with E-state index in [9.17, 15) is 13.2 Å². The molecule has 0 bridgehead atoms. The fourth-order valence-electron chi connectivity index (χ4n) is 2.88. The van der Waals surface area contributed by atoms with Crippen LogP contribution in [0.3, 0.4) is 0 Å². The number of morpholine rings is 1. The van der Waals surface area contributed by atoms with Crippen LogP contribution in [0.4, 0.5) is 0 Å². The molecule has 0 atom stereocenters. The zero-order valence-corrected chi connectivity index (χ0v) is 17.5. The van der Waals surface area contributed by atoms with Crippen molar-refractivity contribution in [2.75, 3.05) is 40.5 Å². The monoisotopic (exact) mass is 433 g/mol. The number of carbonyl (C=O) groups excluding carboxylic acids is 1.